The topological polar surface area (TPSA) is 52.7 Å². The van der Waals surface area contributed by atoms with Crippen molar-refractivity contribution in [2.45, 2.75) is 45.4 Å². The summed E-state index contributed by atoms with van der Waals surface area (Å²) in [6.45, 7) is 4.56. The molecular weight excluding hydrogens is 362 g/mol. The highest BCUT2D eigenvalue weighted by molar-refractivity contribution is 6.22. The Labute approximate surface area is 173 Å². The fourth-order valence-electron chi connectivity index (χ4n) is 3.68. The van der Waals surface area contributed by atoms with Gasteiger partial charge in [0.1, 0.15) is 5.92 Å². The summed E-state index contributed by atoms with van der Waals surface area (Å²) in [7, 11) is 0. The molecule has 29 heavy (non-hydrogen) atoms. The standard InChI is InChI=1S/C19H20N2O2.C5H11N/c1-2-3-14-17-18(22)20(15-10-6-4-7-11-15)21(19(17)23)16-12-8-5-9-13-16;1-2-4-6-5-3-1/h4-13,17H,2-3,14H2,1H3;6H,1-5H2. The molecule has 0 aliphatic carbocycles. The van der Waals surface area contributed by atoms with Gasteiger partial charge in [0, 0.05) is 0 Å². The zero-order chi connectivity index (χ0) is 20.5. The van der Waals surface area contributed by atoms with Crippen molar-refractivity contribution in [3.8, 4) is 0 Å². The van der Waals surface area contributed by atoms with Crippen molar-refractivity contribution < 1.29 is 9.59 Å². The van der Waals surface area contributed by atoms with E-state index >= 15 is 0 Å². The number of anilines is 2. The summed E-state index contributed by atoms with van der Waals surface area (Å²) in [5, 5.41) is 6.31. The third-order valence-electron chi connectivity index (χ3n) is 5.27. The summed E-state index contributed by atoms with van der Waals surface area (Å²) < 4.78 is 0. The highest BCUT2D eigenvalue weighted by Gasteiger charge is 2.46. The van der Waals surface area contributed by atoms with Crippen LogP contribution in [0.3, 0.4) is 0 Å². The predicted octanol–water partition coefficient (Wildman–Crippen LogP) is 4.55. The molecule has 2 heterocycles. The van der Waals surface area contributed by atoms with Crippen molar-refractivity contribution >= 4 is 23.2 Å². The summed E-state index contributed by atoms with van der Waals surface area (Å²) in [5.74, 6) is -0.868. The Bertz CT molecular complexity index is 706. The van der Waals surface area contributed by atoms with Crippen LogP contribution in [0.5, 0.6) is 0 Å². The van der Waals surface area contributed by atoms with E-state index in [0.717, 1.165) is 12.8 Å². The van der Waals surface area contributed by atoms with E-state index in [0.29, 0.717) is 17.8 Å². The maximum atomic E-state index is 12.9. The molecule has 0 saturated carbocycles. The van der Waals surface area contributed by atoms with Crippen LogP contribution >= 0.6 is 0 Å². The van der Waals surface area contributed by atoms with Crippen LogP contribution in [0.2, 0.25) is 0 Å². The van der Waals surface area contributed by atoms with Gasteiger partial charge in [0.2, 0.25) is 0 Å². The van der Waals surface area contributed by atoms with Gasteiger partial charge in [-0.25, -0.2) is 10.0 Å². The van der Waals surface area contributed by atoms with E-state index < -0.39 is 5.92 Å². The van der Waals surface area contributed by atoms with Gasteiger partial charge in [0.25, 0.3) is 11.8 Å². The molecule has 0 radical (unpaired) electrons. The van der Waals surface area contributed by atoms with Crippen molar-refractivity contribution in [3.05, 3.63) is 60.7 Å². The second-order valence-electron chi connectivity index (χ2n) is 7.48. The van der Waals surface area contributed by atoms with Gasteiger partial charge in [0.15, 0.2) is 0 Å². The molecule has 5 heteroatoms. The van der Waals surface area contributed by atoms with Gasteiger partial charge in [-0.3, -0.25) is 9.59 Å². The number of benzene rings is 2. The molecule has 2 aromatic rings. The first-order valence-electron chi connectivity index (χ1n) is 10.7. The largest absolute Gasteiger partial charge is 0.317 e. The summed E-state index contributed by atoms with van der Waals surface area (Å²) in [5.41, 5.74) is 1.43. The third kappa shape index (κ3) is 5.24. The smallest absolute Gasteiger partial charge is 0.258 e. The molecule has 2 aromatic carbocycles. The summed E-state index contributed by atoms with van der Waals surface area (Å²) in [4.78, 5) is 25.7. The number of hydrogen-bond acceptors (Lipinski definition) is 3. The molecule has 2 saturated heterocycles. The summed E-state index contributed by atoms with van der Waals surface area (Å²) in [6.07, 6.45) is 6.65. The highest BCUT2D eigenvalue weighted by Crippen LogP contribution is 2.33. The molecule has 0 unspecified atom stereocenters. The summed E-state index contributed by atoms with van der Waals surface area (Å²) in [6, 6.07) is 18.7. The van der Waals surface area contributed by atoms with E-state index in [2.05, 4.69) is 12.2 Å². The zero-order valence-corrected chi connectivity index (χ0v) is 17.2. The molecule has 2 aliphatic heterocycles. The van der Waals surface area contributed by atoms with Crippen molar-refractivity contribution in [2.75, 3.05) is 23.1 Å². The minimum atomic E-state index is -0.588. The van der Waals surface area contributed by atoms with Crippen molar-refractivity contribution in [1.82, 2.24) is 5.32 Å². The molecule has 1 N–H and O–H groups in total. The number of unbranched alkanes of at least 4 members (excludes halogenated alkanes) is 1. The van der Waals surface area contributed by atoms with Gasteiger partial charge >= 0.3 is 0 Å². The second-order valence-corrected chi connectivity index (χ2v) is 7.48. The van der Waals surface area contributed by atoms with Gasteiger partial charge in [-0.2, -0.15) is 0 Å². The Kier molecular flexibility index (Phi) is 7.82. The number of hydrazine groups is 1. The first-order valence-corrected chi connectivity index (χ1v) is 10.7. The fraction of sp³-hybridized carbons (Fsp3) is 0.417. The SMILES string of the molecule is C1CCNCC1.CCCCC1C(=O)N(c2ccccc2)N(c2ccccc2)C1=O. The highest BCUT2D eigenvalue weighted by atomic mass is 16.2. The molecule has 154 valence electrons. The number of amides is 2. The number of para-hydroxylation sites is 2. The van der Waals surface area contributed by atoms with E-state index in [-0.39, 0.29) is 11.8 Å². The van der Waals surface area contributed by atoms with Crippen LogP contribution in [0, 0.1) is 5.92 Å². The average molecular weight is 394 g/mol. The van der Waals surface area contributed by atoms with E-state index in [1.54, 1.807) is 0 Å². The number of carbonyl (C=O) groups is 2. The Hall–Kier alpha value is -2.66. The average Bonchev–Trinajstić information content (AvgIpc) is 3.04. The molecule has 2 fully saturated rings. The minimum Gasteiger partial charge on any atom is -0.317 e. The van der Waals surface area contributed by atoms with Crippen molar-refractivity contribution in [2.24, 2.45) is 5.92 Å². The lowest BCUT2D eigenvalue weighted by Crippen LogP contribution is -2.41. The first kappa shape index (κ1) is 21.1. The molecule has 0 aromatic heterocycles. The Morgan fingerprint density at radius 3 is 1.62 bits per heavy atom. The number of nitrogens with one attached hydrogen (secondary N) is 1. The van der Waals surface area contributed by atoms with Crippen LogP contribution < -0.4 is 15.3 Å². The maximum Gasteiger partial charge on any atom is 0.258 e. The van der Waals surface area contributed by atoms with Crippen LogP contribution in [0.4, 0.5) is 11.4 Å². The van der Waals surface area contributed by atoms with E-state index in [4.69, 9.17) is 0 Å². The predicted molar refractivity (Wildman–Crippen MR) is 118 cm³/mol. The minimum absolute atomic E-state index is 0.140. The molecule has 0 atom stereocenters. The van der Waals surface area contributed by atoms with Crippen LogP contribution in [-0.2, 0) is 9.59 Å². The first-order chi connectivity index (χ1) is 14.2. The van der Waals surface area contributed by atoms with Crippen molar-refractivity contribution in [1.29, 1.82) is 0 Å². The van der Waals surface area contributed by atoms with E-state index in [1.165, 1.54) is 42.4 Å². The normalized spacial score (nSPS) is 17.3. The molecule has 4 rings (SSSR count). The van der Waals surface area contributed by atoms with E-state index in [1.807, 2.05) is 60.7 Å². The quantitative estimate of drug-likeness (QED) is 0.759. The van der Waals surface area contributed by atoms with Gasteiger partial charge < -0.3 is 5.32 Å². The number of rotatable bonds is 5. The number of hydrogen-bond donors (Lipinski definition) is 1. The second kappa shape index (κ2) is 10.8. The van der Waals surface area contributed by atoms with Crippen LogP contribution in [0.15, 0.2) is 60.7 Å². The Balaban J connectivity index is 0.000000343. The molecule has 0 spiro atoms. The van der Waals surface area contributed by atoms with Gasteiger partial charge in [0.05, 0.1) is 11.4 Å². The Morgan fingerprint density at radius 1 is 0.793 bits per heavy atom. The lowest BCUT2D eigenvalue weighted by Gasteiger charge is -2.27. The van der Waals surface area contributed by atoms with Crippen LogP contribution in [0.1, 0.15) is 45.4 Å². The lowest BCUT2D eigenvalue weighted by molar-refractivity contribution is -0.127. The van der Waals surface area contributed by atoms with Gasteiger partial charge in [-0.05, 0) is 56.6 Å². The van der Waals surface area contributed by atoms with Crippen LogP contribution in [-0.4, -0.2) is 24.9 Å². The zero-order valence-electron chi connectivity index (χ0n) is 17.2. The maximum absolute atomic E-state index is 12.9. The molecule has 2 aliphatic rings. The number of piperidine rings is 1. The number of carbonyl (C=O) groups excluding carboxylic acids is 2. The molecule has 5 nitrogen and oxygen atoms in total. The third-order valence-corrected chi connectivity index (χ3v) is 5.27. The van der Waals surface area contributed by atoms with Crippen molar-refractivity contribution in [3.63, 3.8) is 0 Å². The fourth-order valence-corrected chi connectivity index (χ4v) is 3.68. The van der Waals surface area contributed by atoms with Gasteiger partial charge in [-0.15, -0.1) is 0 Å². The monoisotopic (exact) mass is 393 g/mol. The summed E-state index contributed by atoms with van der Waals surface area (Å²) >= 11 is 0. The Morgan fingerprint density at radius 2 is 1.28 bits per heavy atom. The lowest BCUT2D eigenvalue weighted by atomic mass is 10.0. The molecule has 0 bridgehead atoms. The molecule has 2 amide bonds. The number of nitrogens with zero attached hydrogens (tertiary/aromatic N) is 2. The van der Waals surface area contributed by atoms with Crippen LogP contribution in [0.25, 0.3) is 0 Å². The van der Waals surface area contributed by atoms with E-state index in [9.17, 15) is 9.59 Å². The molecular formula is C24H31N3O2. The van der Waals surface area contributed by atoms with Gasteiger partial charge in [-0.1, -0.05) is 62.6 Å².